The van der Waals surface area contributed by atoms with E-state index in [1.165, 1.54) is 0 Å². The summed E-state index contributed by atoms with van der Waals surface area (Å²) in [4.78, 5) is 18.2. The van der Waals surface area contributed by atoms with Gasteiger partial charge in [0.25, 0.3) is 0 Å². The molecule has 2 atom stereocenters. The van der Waals surface area contributed by atoms with Gasteiger partial charge in [-0.15, -0.1) is 0 Å². The summed E-state index contributed by atoms with van der Waals surface area (Å²) in [7, 11) is 0. The minimum Gasteiger partial charge on any atom is -0.336 e. The smallest absolute Gasteiger partial charge is 0.222 e. The molecule has 0 spiro atoms. The second-order valence-electron chi connectivity index (χ2n) is 6.59. The Morgan fingerprint density at radius 2 is 2.13 bits per heavy atom. The summed E-state index contributed by atoms with van der Waals surface area (Å²) in [6.07, 6.45) is 2.50. The summed E-state index contributed by atoms with van der Waals surface area (Å²) >= 11 is 6.20. The minimum absolute atomic E-state index is 0.0808. The lowest BCUT2D eigenvalue weighted by atomic mass is 9.98. The van der Waals surface area contributed by atoms with Gasteiger partial charge in [-0.25, -0.2) is 9.37 Å². The zero-order valence-electron chi connectivity index (χ0n) is 13.3. The first-order valence-electron chi connectivity index (χ1n) is 8.05. The molecule has 1 amide bonds. The number of aryl methyl sites for hydroxylation is 2. The van der Waals surface area contributed by atoms with E-state index in [4.69, 9.17) is 11.6 Å². The number of nitrogens with zero attached hydrogens (tertiary/aromatic N) is 3. The minimum atomic E-state index is -1.06. The van der Waals surface area contributed by atoms with Crippen LogP contribution in [0.25, 0.3) is 11.0 Å². The van der Waals surface area contributed by atoms with Crippen LogP contribution in [0.3, 0.4) is 0 Å². The molecular weight excluding hydrogens is 317 g/mol. The number of pyridine rings is 1. The van der Waals surface area contributed by atoms with Crippen LogP contribution in [0, 0.1) is 13.8 Å². The van der Waals surface area contributed by atoms with Gasteiger partial charge < -0.3 is 9.47 Å². The van der Waals surface area contributed by atoms with E-state index < -0.39 is 6.17 Å². The number of hydrogen-bond donors (Lipinski definition) is 0. The highest BCUT2D eigenvalue weighted by Crippen LogP contribution is 2.36. The molecule has 4 nitrogen and oxygen atoms in total. The summed E-state index contributed by atoms with van der Waals surface area (Å²) in [6.45, 7) is 4.94. The molecule has 0 saturated carbocycles. The maximum Gasteiger partial charge on any atom is 0.222 e. The lowest BCUT2D eigenvalue weighted by Crippen LogP contribution is -2.48. The first kappa shape index (κ1) is 14.9. The van der Waals surface area contributed by atoms with Gasteiger partial charge in [0.05, 0.1) is 17.6 Å². The van der Waals surface area contributed by atoms with E-state index >= 15 is 0 Å². The fourth-order valence-electron chi connectivity index (χ4n) is 4.10. The Hall–Kier alpha value is -1.62. The third kappa shape index (κ3) is 2.09. The molecule has 2 unspecified atom stereocenters. The SMILES string of the molecule is Cc1c(Cl)cnc2c1c(C)c1n2CC(F)C(N2CCCC2=O)C1. The summed E-state index contributed by atoms with van der Waals surface area (Å²) in [5, 5.41) is 1.65. The first-order valence-corrected chi connectivity index (χ1v) is 8.43. The maximum atomic E-state index is 14.8. The van der Waals surface area contributed by atoms with Crippen LogP contribution in [0.1, 0.15) is 29.7 Å². The summed E-state index contributed by atoms with van der Waals surface area (Å²) in [5.41, 5.74) is 3.97. The van der Waals surface area contributed by atoms with Gasteiger partial charge >= 0.3 is 0 Å². The second kappa shape index (κ2) is 5.20. The molecule has 2 aromatic heterocycles. The molecule has 4 rings (SSSR count). The number of aromatic nitrogens is 2. The molecule has 4 heterocycles. The molecule has 122 valence electrons. The summed E-state index contributed by atoms with van der Waals surface area (Å²) in [5.74, 6) is 0.0808. The van der Waals surface area contributed by atoms with E-state index in [-0.39, 0.29) is 18.5 Å². The highest BCUT2D eigenvalue weighted by atomic mass is 35.5. The maximum absolute atomic E-state index is 14.8. The third-order valence-electron chi connectivity index (χ3n) is 5.33. The number of carbonyl (C=O) groups excluding carboxylic acids is 1. The molecule has 0 bridgehead atoms. The van der Waals surface area contributed by atoms with Gasteiger partial charge in [-0.3, -0.25) is 4.79 Å². The molecule has 0 radical (unpaired) electrons. The predicted molar refractivity (Wildman–Crippen MR) is 87.6 cm³/mol. The van der Waals surface area contributed by atoms with Gasteiger partial charge in [0.2, 0.25) is 5.91 Å². The lowest BCUT2D eigenvalue weighted by molar-refractivity contribution is -0.131. The second-order valence-corrected chi connectivity index (χ2v) is 7.00. The Labute approximate surface area is 139 Å². The van der Waals surface area contributed by atoms with E-state index in [0.29, 0.717) is 24.4 Å². The van der Waals surface area contributed by atoms with Crippen LogP contribution in [0.15, 0.2) is 6.20 Å². The van der Waals surface area contributed by atoms with Crippen molar-refractivity contribution in [2.45, 2.75) is 51.9 Å². The standard InChI is InChI=1S/C17H19ClFN3O/c1-9-11(18)7-20-17-16(9)10(2)13-6-14(12(19)8-22(13)17)21-5-3-4-15(21)23/h7,12,14H,3-6,8H2,1-2H3. The van der Waals surface area contributed by atoms with Crippen LogP contribution < -0.4 is 0 Å². The summed E-state index contributed by atoms with van der Waals surface area (Å²) < 4.78 is 16.8. The van der Waals surface area contributed by atoms with E-state index in [1.54, 1.807) is 11.1 Å². The molecule has 0 aromatic carbocycles. The molecule has 6 heteroatoms. The molecular formula is C17H19ClFN3O. The van der Waals surface area contributed by atoms with Gasteiger partial charge in [0, 0.05) is 36.7 Å². The van der Waals surface area contributed by atoms with E-state index in [0.717, 1.165) is 34.3 Å². The Morgan fingerprint density at radius 3 is 2.83 bits per heavy atom. The zero-order chi connectivity index (χ0) is 16.3. The van der Waals surface area contributed by atoms with E-state index in [1.807, 2.05) is 18.4 Å². The van der Waals surface area contributed by atoms with Gasteiger partial charge in [-0.05, 0) is 31.4 Å². The molecule has 1 saturated heterocycles. The topological polar surface area (TPSA) is 38.1 Å². The molecule has 0 aliphatic carbocycles. The average Bonchev–Trinajstić information content (AvgIpc) is 3.05. The fourth-order valence-corrected chi connectivity index (χ4v) is 4.24. The van der Waals surface area contributed by atoms with Crippen LogP contribution in [0.4, 0.5) is 4.39 Å². The molecule has 23 heavy (non-hydrogen) atoms. The van der Waals surface area contributed by atoms with Crippen molar-refractivity contribution in [3.8, 4) is 0 Å². The number of fused-ring (bicyclic) bond motifs is 3. The van der Waals surface area contributed by atoms with Crippen molar-refractivity contribution in [1.82, 2.24) is 14.5 Å². The quantitative estimate of drug-likeness (QED) is 0.802. The number of hydrogen-bond acceptors (Lipinski definition) is 2. The van der Waals surface area contributed by atoms with Crippen LogP contribution in [-0.4, -0.2) is 39.1 Å². The van der Waals surface area contributed by atoms with Crippen molar-refractivity contribution in [2.24, 2.45) is 0 Å². The highest BCUT2D eigenvalue weighted by molar-refractivity contribution is 6.32. The van der Waals surface area contributed by atoms with Crippen molar-refractivity contribution in [1.29, 1.82) is 0 Å². The Bertz CT molecular complexity index is 816. The van der Waals surface area contributed by atoms with E-state index in [9.17, 15) is 9.18 Å². The summed E-state index contributed by atoms with van der Waals surface area (Å²) in [6, 6.07) is -0.351. The van der Waals surface area contributed by atoms with Gasteiger partial charge in [-0.1, -0.05) is 11.6 Å². The van der Waals surface area contributed by atoms with Crippen LogP contribution >= 0.6 is 11.6 Å². The van der Waals surface area contributed by atoms with Crippen molar-refractivity contribution in [3.63, 3.8) is 0 Å². The third-order valence-corrected chi connectivity index (χ3v) is 5.71. The molecule has 2 aliphatic heterocycles. The average molecular weight is 336 g/mol. The number of likely N-dealkylation sites (tertiary alicyclic amines) is 1. The fraction of sp³-hybridized carbons (Fsp3) is 0.529. The highest BCUT2D eigenvalue weighted by Gasteiger charge is 2.39. The molecule has 1 fully saturated rings. The molecule has 2 aromatic rings. The predicted octanol–water partition coefficient (Wildman–Crippen LogP) is 3.19. The van der Waals surface area contributed by atoms with E-state index in [2.05, 4.69) is 4.98 Å². The largest absolute Gasteiger partial charge is 0.336 e. The van der Waals surface area contributed by atoms with Crippen molar-refractivity contribution in [3.05, 3.63) is 28.0 Å². The number of rotatable bonds is 1. The Morgan fingerprint density at radius 1 is 1.35 bits per heavy atom. The van der Waals surface area contributed by atoms with Crippen molar-refractivity contribution in [2.75, 3.05) is 6.54 Å². The van der Waals surface area contributed by atoms with Crippen molar-refractivity contribution < 1.29 is 9.18 Å². The molecule has 2 aliphatic rings. The first-order chi connectivity index (χ1) is 11.0. The lowest BCUT2D eigenvalue weighted by Gasteiger charge is -2.35. The van der Waals surface area contributed by atoms with Gasteiger partial charge in [0.1, 0.15) is 11.8 Å². The van der Waals surface area contributed by atoms with Crippen LogP contribution in [0.2, 0.25) is 5.02 Å². The van der Waals surface area contributed by atoms with Crippen LogP contribution in [0.5, 0.6) is 0 Å². The number of amides is 1. The molecule has 0 N–H and O–H groups in total. The number of halogens is 2. The zero-order valence-corrected chi connectivity index (χ0v) is 14.0. The number of alkyl halides is 1. The van der Waals surface area contributed by atoms with Gasteiger partial charge in [-0.2, -0.15) is 0 Å². The van der Waals surface area contributed by atoms with Crippen LogP contribution in [-0.2, 0) is 17.8 Å². The monoisotopic (exact) mass is 335 g/mol. The Balaban J connectivity index is 1.83. The van der Waals surface area contributed by atoms with Crippen molar-refractivity contribution >= 4 is 28.5 Å². The normalized spacial score (nSPS) is 24.5. The van der Waals surface area contributed by atoms with Gasteiger partial charge in [0.15, 0.2) is 0 Å². The number of carbonyl (C=O) groups is 1. The Kier molecular flexibility index (Phi) is 3.38.